The molecule has 1 amide bonds. The maximum absolute atomic E-state index is 11.2. The predicted octanol–water partition coefficient (Wildman–Crippen LogP) is -0.836. The Morgan fingerprint density at radius 2 is 1.93 bits per heavy atom. The summed E-state index contributed by atoms with van der Waals surface area (Å²) in [5, 5.41) is 33.1. The number of aliphatic hydroxyl groups is 1. The third kappa shape index (κ3) is 3.40. The minimum atomic E-state index is -0.718. The first kappa shape index (κ1) is 12.4. The van der Waals surface area contributed by atoms with E-state index in [0.717, 1.165) is 0 Å². The number of carbonyl (C=O) groups excluding carboxylic acids is 1. The van der Waals surface area contributed by atoms with Gasteiger partial charge >= 0.3 is 0 Å². The molecule has 7 nitrogen and oxygen atoms in total. The van der Waals surface area contributed by atoms with Gasteiger partial charge < -0.3 is 20.8 Å². The summed E-state index contributed by atoms with van der Waals surface area (Å²) >= 11 is 0. The highest BCUT2D eigenvalue weighted by Crippen LogP contribution is 1.87. The molecule has 0 unspecified atom stereocenters. The summed E-state index contributed by atoms with van der Waals surface area (Å²) in [4.78, 5) is 11.2. The monoisotopic (exact) mass is 203 g/mol. The van der Waals surface area contributed by atoms with Crippen molar-refractivity contribution >= 4 is 17.3 Å². The lowest BCUT2D eigenvalue weighted by Gasteiger charge is -2.08. The standard InChI is InChI=1S/C7H13N3O4/c1-4(2)8-7(12)6(10-14)5(3-11)9-13/h4,11,13-14H,3H2,1-2H3,(H,8,12). The zero-order valence-electron chi connectivity index (χ0n) is 7.93. The molecule has 4 N–H and O–H groups in total. The SMILES string of the molecule is CC(C)NC(=O)C(=NO)C(CO)=NO. The zero-order valence-corrected chi connectivity index (χ0v) is 7.93. The first-order chi connectivity index (χ1) is 6.56. The van der Waals surface area contributed by atoms with E-state index in [2.05, 4.69) is 15.6 Å². The van der Waals surface area contributed by atoms with E-state index in [9.17, 15) is 4.79 Å². The van der Waals surface area contributed by atoms with Crippen LogP contribution in [0.5, 0.6) is 0 Å². The fourth-order valence-electron chi connectivity index (χ4n) is 0.719. The number of nitrogens with one attached hydrogen (secondary N) is 1. The van der Waals surface area contributed by atoms with Crippen LogP contribution in [-0.4, -0.2) is 45.5 Å². The van der Waals surface area contributed by atoms with Gasteiger partial charge in [-0.05, 0) is 13.8 Å². The number of nitrogens with zero attached hydrogens (tertiary/aromatic N) is 2. The molecule has 0 atom stereocenters. The molecule has 0 saturated heterocycles. The lowest BCUT2D eigenvalue weighted by Crippen LogP contribution is -2.40. The van der Waals surface area contributed by atoms with Crippen LogP contribution in [0, 0.1) is 0 Å². The number of rotatable bonds is 4. The van der Waals surface area contributed by atoms with Crippen LogP contribution in [-0.2, 0) is 4.79 Å². The second-order valence-electron chi connectivity index (χ2n) is 2.78. The van der Waals surface area contributed by atoms with Gasteiger partial charge in [-0.25, -0.2) is 0 Å². The van der Waals surface area contributed by atoms with E-state index in [1.807, 2.05) is 0 Å². The molecule has 0 spiro atoms. The van der Waals surface area contributed by atoms with Crippen molar-refractivity contribution in [3.05, 3.63) is 0 Å². The third-order valence-electron chi connectivity index (χ3n) is 1.28. The van der Waals surface area contributed by atoms with E-state index >= 15 is 0 Å². The molecule has 14 heavy (non-hydrogen) atoms. The Balaban J connectivity index is 4.67. The first-order valence-electron chi connectivity index (χ1n) is 3.91. The van der Waals surface area contributed by atoms with E-state index in [-0.39, 0.29) is 6.04 Å². The molecule has 0 bridgehead atoms. The molecular formula is C7H13N3O4. The molecule has 0 aromatic heterocycles. The molecule has 80 valence electrons. The number of hydrogen-bond donors (Lipinski definition) is 4. The fourth-order valence-corrected chi connectivity index (χ4v) is 0.719. The Bertz CT molecular complexity index is 260. The fraction of sp³-hybridized carbons (Fsp3) is 0.571. The van der Waals surface area contributed by atoms with Gasteiger partial charge in [0.1, 0.15) is 5.71 Å². The number of amides is 1. The Kier molecular flexibility index (Phi) is 5.23. The maximum Gasteiger partial charge on any atom is 0.275 e. The number of aliphatic hydroxyl groups excluding tert-OH is 1. The minimum Gasteiger partial charge on any atom is -0.411 e. The van der Waals surface area contributed by atoms with E-state index in [4.69, 9.17) is 15.5 Å². The van der Waals surface area contributed by atoms with Crippen LogP contribution in [0.25, 0.3) is 0 Å². The number of oxime groups is 2. The van der Waals surface area contributed by atoms with Crippen molar-refractivity contribution in [1.82, 2.24) is 5.32 Å². The van der Waals surface area contributed by atoms with Crippen LogP contribution < -0.4 is 5.32 Å². The van der Waals surface area contributed by atoms with Gasteiger partial charge in [0.15, 0.2) is 5.71 Å². The Labute approximate surface area is 80.7 Å². The smallest absolute Gasteiger partial charge is 0.275 e. The van der Waals surface area contributed by atoms with Crippen LogP contribution in [0.1, 0.15) is 13.8 Å². The van der Waals surface area contributed by atoms with Crippen molar-refractivity contribution in [2.75, 3.05) is 6.61 Å². The summed E-state index contributed by atoms with van der Waals surface area (Å²) in [6.45, 7) is 2.73. The molecule has 0 fully saturated rings. The lowest BCUT2D eigenvalue weighted by molar-refractivity contribution is -0.115. The molecular weight excluding hydrogens is 190 g/mol. The van der Waals surface area contributed by atoms with Crippen molar-refractivity contribution in [1.29, 1.82) is 0 Å². The summed E-state index contributed by atoms with van der Waals surface area (Å²) in [7, 11) is 0. The average Bonchev–Trinajstić information content (AvgIpc) is 2.12. The molecule has 0 aliphatic rings. The van der Waals surface area contributed by atoms with Crippen molar-refractivity contribution in [3.8, 4) is 0 Å². The van der Waals surface area contributed by atoms with Gasteiger partial charge in [0, 0.05) is 6.04 Å². The number of carbonyl (C=O) groups is 1. The van der Waals surface area contributed by atoms with Gasteiger partial charge in [0.25, 0.3) is 5.91 Å². The Hall–Kier alpha value is -1.63. The summed E-state index contributed by atoms with van der Waals surface area (Å²) in [5.74, 6) is -0.718. The molecule has 0 aromatic carbocycles. The van der Waals surface area contributed by atoms with E-state index in [1.54, 1.807) is 13.8 Å². The molecule has 0 saturated carbocycles. The van der Waals surface area contributed by atoms with Crippen LogP contribution in [0.2, 0.25) is 0 Å². The van der Waals surface area contributed by atoms with Gasteiger partial charge in [-0.1, -0.05) is 10.3 Å². The highest BCUT2D eigenvalue weighted by Gasteiger charge is 2.19. The molecule has 0 aromatic rings. The normalized spacial score (nSPS) is 13.1. The van der Waals surface area contributed by atoms with Crippen molar-refractivity contribution in [3.63, 3.8) is 0 Å². The second-order valence-corrected chi connectivity index (χ2v) is 2.78. The minimum absolute atomic E-state index is 0.155. The van der Waals surface area contributed by atoms with Crippen molar-refractivity contribution in [2.45, 2.75) is 19.9 Å². The predicted molar refractivity (Wildman–Crippen MR) is 48.8 cm³/mol. The van der Waals surface area contributed by atoms with Crippen LogP contribution >= 0.6 is 0 Å². The average molecular weight is 203 g/mol. The van der Waals surface area contributed by atoms with Gasteiger partial charge in [0.2, 0.25) is 0 Å². The van der Waals surface area contributed by atoms with Gasteiger partial charge in [-0.2, -0.15) is 0 Å². The van der Waals surface area contributed by atoms with Crippen LogP contribution in [0.3, 0.4) is 0 Å². The van der Waals surface area contributed by atoms with E-state index in [1.165, 1.54) is 0 Å². The topological polar surface area (TPSA) is 115 Å². The third-order valence-corrected chi connectivity index (χ3v) is 1.28. The van der Waals surface area contributed by atoms with Crippen LogP contribution in [0.15, 0.2) is 10.3 Å². The first-order valence-corrected chi connectivity index (χ1v) is 3.91. The second kappa shape index (κ2) is 5.92. The Morgan fingerprint density at radius 3 is 2.21 bits per heavy atom. The van der Waals surface area contributed by atoms with Crippen LogP contribution in [0.4, 0.5) is 0 Å². The highest BCUT2D eigenvalue weighted by atomic mass is 16.4. The maximum atomic E-state index is 11.2. The van der Waals surface area contributed by atoms with Crippen molar-refractivity contribution < 1.29 is 20.3 Å². The summed E-state index contributed by atoms with van der Waals surface area (Å²) in [6, 6.07) is -0.155. The zero-order chi connectivity index (χ0) is 11.1. The summed E-state index contributed by atoms with van der Waals surface area (Å²) in [5.41, 5.74) is -0.908. The summed E-state index contributed by atoms with van der Waals surface area (Å²) in [6.07, 6.45) is 0. The van der Waals surface area contributed by atoms with Gasteiger partial charge in [-0.3, -0.25) is 4.79 Å². The van der Waals surface area contributed by atoms with Gasteiger partial charge in [0.05, 0.1) is 6.61 Å². The lowest BCUT2D eigenvalue weighted by atomic mass is 10.2. The quantitative estimate of drug-likeness (QED) is 0.271. The van der Waals surface area contributed by atoms with E-state index in [0.29, 0.717) is 0 Å². The molecule has 7 heteroatoms. The molecule has 0 aliphatic carbocycles. The molecule has 0 rings (SSSR count). The Morgan fingerprint density at radius 1 is 1.36 bits per heavy atom. The number of hydrogen-bond acceptors (Lipinski definition) is 6. The van der Waals surface area contributed by atoms with Gasteiger partial charge in [-0.15, -0.1) is 0 Å². The highest BCUT2D eigenvalue weighted by molar-refractivity contribution is 6.67. The van der Waals surface area contributed by atoms with E-state index < -0.39 is 23.9 Å². The largest absolute Gasteiger partial charge is 0.411 e. The molecule has 0 radical (unpaired) electrons. The molecule has 0 heterocycles. The summed E-state index contributed by atoms with van der Waals surface area (Å²) < 4.78 is 0. The molecule has 0 aliphatic heterocycles. The van der Waals surface area contributed by atoms with Crippen molar-refractivity contribution in [2.24, 2.45) is 10.3 Å².